The van der Waals surface area contributed by atoms with Crippen molar-refractivity contribution in [2.75, 3.05) is 13.6 Å². The Morgan fingerprint density at radius 1 is 0.850 bits per heavy atom. The highest BCUT2D eigenvalue weighted by atomic mass is 16.4. The summed E-state index contributed by atoms with van der Waals surface area (Å²) in [6.07, 6.45) is 6.72. The van der Waals surface area contributed by atoms with Crippen molar-refractivity contribution < 1.29 is 48.6 Å². The van der Waals surface area contributed by atoms with Crippen LogP contribution in [0.15, 0.2) is 54.3 Å². The molecule has 0 aliphatic carbocycles. The van der Waals surface area contributed by atoms with E-state index >= 15 is 0 Å². The first kappa shape index (κ1) is 48.6. The number of benzene rings is 1. The predicted octanol–water partition coefficient (Wildman–Crippen LogP) is 3.82. The Labute approximate surface area is 351 Å². The maximum absolute atomic E-state index is 14.7. The van der Waals surface area contributed by atoms with Gasteiger partial charge in [-0.3, -0.25) is 38.5 Å². The molecule has 1 aromatic heterocycles. The van der Waals surface area contributed by atoms with E-state index in [-0.39, 0.29) is 48.6 Å². The molecule has 0 fully saturated rings. The van der Waals surface area contributed by atoms with Crippen molar-refractivity contribution >= 4 is 58.3 Å². The normalized spacial score (nSPS) is 15.4. The van der Waals surface area contributed by atoms with Gasteiger partial charge in [0.1, 0.15) is 18.1 Å². The standard InChI is InChI=1S/C44H62N6O10/c1-26(2)32(24-27(3)39(56)45-30(42(59)60)19-22-36(54)55)49(10)41(58)38(43(4,5)6)47-40(57)37(44(7,8)29-25-48(9)31-17-14-13-16-28(29)31)46-33(51)18-12-11-15-23-50-34(52)20-21-35(50)53/h13-14,16-17,20-21,24-26,30,32,37-38H,11-12,15,18-19,22-23H2,1-10H3,(H,45,56)(H,46,51)(H,47,57)(H,54,55)(H,59,60)/b27-24+/t30-,32-,37-,38?/m1/s1. The summed E-state index contributed by atoms with van der Waals surface area (Å²) in [4.78, 5) is 105. The fraction of sp³-hybridized carbons (Fsp3) is 0.545. The molecule has 1 aromatic carbocycles. The van der Waals surface area contributed by atoms with Crippen LogP contribution >= 0.6 is 0 Å². The number of nitrogens with zero attached hydrogens (tertiary/aromatic N) is 3. The van der Waals surface area contributed by atoms with Crippen LogP contribution in [0, 0.1) is 11.3 Å². The summed E-state index contributed by atoms with van der Waals surface area (Å²) in [7, 11) is 3.45. The van der Waals surface area contributed by atoms with E-state index in [1.807, 2.05) is 69.8 Å². The van der Waals surface area contributed by atoms with E-state index in [9.17, 15) is 43.5 Å². The van der Waals surface area contributed by atoms with Gasteiger partial charge in [0.15, 0.2) is 0 Å². The Bertz CT molecular complexity index is 2010. The van der Waals surface area contributed by atoms with Gasteiger partial charge in [0, 0.05) is 73.7 Å². The van der Waals surface area contributed by atoms with Gasteiger partial charge in [-0.1, -0.05) is 79.2 Å². The minimum Gasteiger partial charge on any atom is -0.481 e. The molecule has 16 heteroatoms. The molecule has 1 aliphatic rings. The lowest BCUT2D eigenvalue weighted by molar-refractivity contribution is -0.142. The number of fused-ring (bicyclic) bond motifs is 1. The van der Waals surface area contributed by atoms with Crippen molar-refractivity contribution in [1.82, 2.24) is 30.3 Å². The third-order valence-electron chi connectivity index (χ3n) is 11.0. The molecule has 328 valence electrons. The van der Waals surface area contributed by atoms with Gasteiger partial charge in [-0.15, -0.1) is 0 Å². The summed E-state index contributed by atoms with van der Waals surface area (Å²) in [6, 6.07) is 3.33. The second-order valence-corrected chi connectivity index (χ2v) is 17.5. The smallest absolute Gasteiger partial charge is 0.326 e. The summed E-state index contributed by atoms with van der Waals surface area (Å²) < 4.78 is 1.95. The van der Waals surface area contributed by atoms with Crippen LogP contribution in [0.3, 0.4) is 0 Å². The summed E-state index contributed by atoms with van der Waals surface area (Å²) in [5.74, 6) is -5.73. The number of aryl methyl sites for hydroxylation is 1. The summed E-state index contributed by atoms with van der Waals surface area (Å²) in [5, 5.41) is 27.8. The van der Waals surface area contributed by atoms with E-state index in [4.69, 9.17) is 5.11 Å². The predicted molar refractivity (Wildman–Crippen MR) is 225 cm³/mol. The zero-order valence-electron chi connectivity index (χ0n) is 36.5. The molecular formula is C44H62N6O10. The first-order valence-electron chi connectivity index (χ1n) is 20.3. The van der Waals surface area contributed by atoms with E-state index in [2.05, 4.69) is 16.0 Å². The molecule has 60 heavy (non-hydrogen) atoms. The average Bonchev–Trinajstić information content (AvgIpc) is 3.68. The molecule has 0 saturated carbocycles. The highest BCUT2D eigenvalue weighted by molar-refractivity contribution is 6.12. The lowest BCUT2D eigenvalue weighted by Crippen LogP contribution is -2.62. The third kappa shape index (κ3) is 12.4. The molecule has 2 heterocycles. The van der Waals surface area contributed by atoms with Crippen LogP contribution in [-0.4, -0.2) is 110 Å². The number of nitrogens with one attached hydrogen (secondary N) is 3. The molecule has 1 aliphatic heterocycles. The van der Waals surface area contributed by atoms with Crippen molar-refractivity contribution in [3.63, 3.8) is 0 Å². The zero-order chi connectivity index (χ0) is 45.3. The van der Waals surface area contributed by atoms with Crippen molar-refractivity contribution in [3.8, 4) is 0 Å². The molecular weight excluding hydrogens is 773 g/mol. The molecule has 0 radical (unpaired) electrons. The molecule has 6 amide bonds. The number of hydrogen-bond donors (Lipinski definition) is 5. The Morgan fingerprint density at radius 2 is 1.47 bits per heavy atom. The molecule has 0 bridgehead atoms. The molecule has 5 N–H and O–H groups in total. The fourth-order valence-electron chi connectivity index (χ4n) is 7.31. The lowest BCUT2D eigenvalue weighted by atomic mass is 9.76. The second kappa shape index (κ2) is 20.4. The average molecular weight is 835 g/mol. The number of carbonyl (C=O) groups excluding carboxylic acids is 6. The number of para-hydroxylation sites is 1. The molecule has 3 rings (SSSR count). The molecule has 1 unspecified atom stereocenters. The Morgan fingerprint density at radius 3 is 2.03 bits per heavy atom. The fourth-order valence-corrected chi connectivity index (χ4v) is 7.31. The van der Waals surface area contributed by atoms with Crippen LogP contribution in [-0.2, 0) is 50.8 Å². The Hall–Kier alpha value is -5.80. The van der Waals surface area contributed by atoms with Crippen molar-refractivity contribution in [2.24, 2.45) is 18.4 Å². The number of carboxylic acid groups (broad SMARTS) is 2. The SMILES string of the molecule is C/C(=C\[C@H](C(C)C)N(C)C(=O)C(NC(=O)[C@@H](NC(=O)CCCCCN1C(=O)C=CC1=O)C(C)(C)c1cn(C)c2ccccc12)C(C)(C)C)C(=O)N[C@H](CCC(=O)O)C(=O)O. The second-order valence-electron chi connectivity index (χ2n) is 17.5. The van der Waals surface area contributed by atoms with Gasteiger partial charge in [-0.25, -0.2) is 4.79 Å². The summed E-state index contributed by atoms with van der Waals surface area (Å²) >= 11 is 0. The minimum absolute atomic E-state index is 0.0714. The first-order chi connectivity index (χ1) is 27.9. The van der Waals surface area contributed by atoms with E-state index in [1.54, 1.807) is 33.9 Å². The lowest BCUT2D eigenvalue weighted by Gasteiger charge is -2.40. The largest absolute Gasteiger partial charge is 0.481 e. The number of amides is 6. The van der Waals surface area contributed by atoms with Crippen molar-refractivity contribution in [1.29, 1.82) is 0 Å². The maximum Gasteiger partial charge on any atom is 0.326 e. The number of imide groups is 1. The van der Waals surface area contributed by atoms with Crippen LogP contribution < -0.4 is 16.0 Å². The van der Waals surface area contributed by atoms with E-state index < -0.39 is 71.1 Å². The van der Waals surface area contributed by atoms with Gasteiger partial charge in [0.05, 0.1) is 6.04 Å². The van der Waals surface area contributed by atoms with Crippen LogP contribution in [0.1, 0.15) is 99.5 Å². The molecule has 2 aromatic rings. The van der Waals surface area contributed by atoms with Gasteiger partial charge in [0.2, 0.25) is 23.6 Å². The summed E-state index contributed by atoms with van der Waals surface area (Å²) in [5.41, 5.74) is -0.00861. The number of aliphatic carboxylic acids is 2. The van der Waals surface area contributed by atoms with Gasteiger partial charge in [-0.2, -0.15) is 0 Å². The maximum atomic E-state index is 14.7. The number of likely N-dealkylation sites (N-methyl/N-ethyl adjacent to an activating group) is 1. The molecule has 4 atom stereocenters. The van der Waals surface area contributed by atoms with Gasteiger partial charge < -0.3 is 35.6 Å². The number of carbonyl (C=O) groups is 8. The van der Waals surface area contributed by atoms with E-state index in [1.165, 1.54) is 24.0 Å². The minimum atomic E-state index is -1.43. The monoisotopic (exact) mass is 834 g/mol. The van der Waals surface area contributed by atoms with Crippen LogP contribution in [0.25, 0.3) is 10.9 Å². The van der Waals surface area contributed by atoms with Crippen LogP contribution in [0.4, 0.5) is 0 Å². The topological polar surface area (TPSA) is 225 Å². The molecule has 0 saturated heterocycles. The van der Waals surface area contributed by atoms with Crippen LogP contribution in [0.5, 0.6) is 0 Å². The molecule has 16 nitrogen and oxygen atoms in total. The number of aromatic nitrogens is 1. The first-order valence-corrected chi connectivity index (χ1v) is 20.3. The number of rotatable bonds is 21. The number of hydrogen-bond acceptors (Lipinski definition) is 8. The molecule has 0 spiro atoms. The van der Waals surface area contributed by atoms with Crippen molar-refractivity contribution in [3.05, 3.63) is 59.8 Å². The van der Waals surface area contributed by atoms with Gasteiger partial charge in [0.25, 0.3) is 11.8 Å². The highest BCUT2D eigenvalue weighted by Gasteiger charge is 2.44. The summed E-state index contributed by atoms with van der Waals surface area (Å²) in [6.45, 7) is 14.5. The van der Waals surface area contributed by atoms with Gasteiger partial charge in [-0.05, 0) is 49.1 Å². The van der Waals surface area contributed by atoms with Crippen LogP contribution in [0.2, 0.25) is 0 Å². The van der Waals surface area contributed by atoms with Crippen molar-refractivity contribution in [2.45, 2.75) is 123 Å². The third-order valence-corrected chi connectivity index (χ3v) is 11.0. The number of unbranched alkanes of at least 4 members (excludes halogenated alkanes) is 2. The Balaban J connectivity index is 1.90. The van der Waals surface area contributed by atoms with Gasteiger partial charge >= 0.3 is 11.9 Å². The quantitative estimate of drug-likeness (QED) is 0.0695. The van der Waals surface area contributed by atoms with E-state index in [0.29, 0.717) is 19.3 Å². The number of carboxylic acids is 2. The zero-order valence-corrected chi connectivity index (χ0v) is 36.5. The highest BCUT2D eigenvalue weighted by Crippen LogP contribution is 2.35. The Kier molecular flexibility index (Phi) is 16.6. The van der Waals surface area contributed by atoms with E-state index in [0.717, 1.165) is 21.4 Å².